The van der Waals surface area contributed by atoms with Gasteiger partial charge in [-0.25, -0.2) is 4.98 Å². The molecule has 7 aromatic carbocycles. The number of para-hydroxylation sites is 1. The first kappa shape index (κ1) is 26.7. The topological polar surface area (TPSA) is 22.2 Å². The first-order chi connectivity index (χ1) is 23.8. The smallest absolute Gasteiger partial charge is 0.145 e. The van der Waals surface area contributed by atoms with E-state index in [4.69, 9.17) is 4.98 Å². The molecule has 0 aliphatic rings. The average Bonchev–Trinajstić information content (AvgIpc) is 3.76. The normalized spacial score (nSPS) is 11.8. The molecule has 0 aliphatic carbocycles. The fraction of sp³-hybridized carbons (Fsp3) is 0. The standard InChI is InChI=1S/C45H29N3/c1-3-11-30(12-4-1)33-21-25-42-39(27-33)40-28-34(31-13-5-2-6-14-31)22-26-43(40)47(42)35-23-19-32(20-24-35)44-29-46-45-38-17-8-7-15-36(38)37-16-9-10-18-41(37)48(44)45/h1-29H. The van der Waals surface area contributed by atoms with Crippen LogP contribution in [0.3, 0.4) is 0 Å². The van der Waals surface area contributed by atoms with Crippen LogP contribution in [0.25, 0.3) is 88.3 Å². The van der Waals surface area contributed by atoms with Crippen molar-refractivity contribution in [2.75, 3.05) is 0 Å². The Kier molecular flexibility index (Phi) is 5.87. The van der Waals surface area contributed by atoms with E-state index in [0.29, 0.717) is 0 Å². The highest BCUT2D eigenvalue weighted by molar-refractivity contribution is 6.13. The molecule has 0 fully saturated rings. The van der Waals surface area contributed by atoms with E-state index in [1.807, 2.05) is 6.20 Å². The van der Waals surface area contributed by atoms with Crippen LogP contribution in [0.15, 0.2) is 176 Å². The van der Waals surface area contributed by atoms with Crippen molar-refractivity contribution in [3.05, 3.63) is 176 Å². The summed E-state index contributed by atoms with van der Waals surface area (Å²) in [4.78, 5) is 4.95. The number of imidazole rings is 1. The highest BCUT2D eigenvalue weighted by Crippen LogP contribution is 2.38. The van der Waals surface area contributed by atoms with Crippen LogP contribution in [0.4, 0.5) is 0 Å². The van der Waals surface area contributed by atoms with Gasteiger partial charge >= 0.3 is 0 Å². The van der Waals surface area contributed by atoms with Crippen LogP contribution in [-0.2, 0) is 0 Å². The molecule has 0 bridgehead atoms. The van der Waals surface area contributed by atoms with E-state index in [0.717, 1.165) is 33.5 Å². The zero-order chi connectivity index (χ0) is 31.6. The van der Waals surface area contributed by atoms with E-state index in [-0.39, 0.29) is 0 Å². The van der Waals surface area contributed by atoms with E-state index in [9.17, 15) is 0 Å². The zero-order valence-corrected chi connectivity index (χ0v) is 26.1. The minimum absolute atomic E-state index is 0.981. The molecule has 0 N–H and O–H groups in total. The lowest BCUT2D eigenvalue weighted by Gasteiger charge is -2.12. The van der Waals surface area contributed by atoms with Crippen molar-refractivity contribution < 1.29 is 0 Å². The molecule has 0 aliphatic heterocycles. The summed E-state index contributed by atoms with van der Waals surface area (Å²) in [5.74, 6) is 0. The van der Waals surface area contributed by atoms with Gasteiger partial charge in [0.2, 0.25) is 0 Å². The Hall–Kier alpha value is -6.45. The Morgan fingerprint density at radius 3 is 1.50 bits per heavy atom. The minimum atomic E-state index is 0.981. The molecule has 0 unspecified atom stereocenters. The Bertz CT molecular complexity index is 2710. The number of rotatable bonds is 4. The predicted octanol–water partition coefficient (Wildman–Crippen LogP) is 11.7. The molecule has 3 aromatic heterocycles. The highest BCUT2D eigenvalue weighted by Gasteiger charge is 2.17. The molecule has 3 heterocycles. The summed E-state index contributed by atoms with van der Waals surface area (Å²) in [7, 11) is 0. The van der Waals surface area contributed by atoms with Gasteiger partial charge < -0.3 is 4.57 Å². The Morgan fingerprint density at radius 1 is 0.354 bits per heavy atom. The van der Waals surface area contributed by atoms with Gasteiger partial charge in [-0.15, -0.1) is 0 Å². The third-order valence-electron chi connectivity index (χ3n) is 9.77. The summed E-state index contributed by atoms with van der Waals surface area (Å²) in [5.41, 5.74) is 12.7. The van der Waals surface area contributed by atoms with Gasteiger partial charge in [0, 0.05) is 32.8 Å². The summed E-state index contributed by atoms with van der Waals surface area (Å²) < 4.78 is 4.71. The van der Waals surface area contributed by atoms with Crippen molar-refractivity contribution in [2.45, 2.75) is 0 Å². The second kappa shape index (κ2) is 10.5. The number of nitrogens with zero attached hydrogens (tertiary/aromatic N) is 3. The van der Waals surface area contributed by atoms with Crippen LogP contribution < -0.4 is 0 Å². The molecule has 3 heteroatoms. The summed E-state index contributed by atoms with van der Waals surface area (Å²) >= 11 is 0. The van der Waals surface area contributed by atoms with Crippen molar-refractivity contribution in [1.82, 2.24) is 14.0 Å². The SMILES string of the molecule is c1ccc(-c2ccc3c(c2)c2cc(-c4ccccc4)ccc2n3-c2ccc(-c3cnc4c5ccccc5c5ccccc5n34)cc2)cc1. The summed E-state index contributed by atoms with van der Waals surface area (Å²) in [5, 5.41) is 6.10. The molecule has 224 valence electrons. The number of benzene rings is 7. The molecule has 0 spiro atoms. The molecule has 0 amide bonds. The van der Waals surface area contributed by atoms with Crippen LogP contribution in [0.5, 0.6) is 0 Å². The molecule has 0 radical (unpaired) electrons. The van der Waals surface area contributed by atoms with Crippen LogP contribution in [0.1, 0.15) is 0 Å². The highest BCUT2D eigenvalue weighted by atomic mass is 15.0. The van der Waals surface area contributed by atoms with Crippen LogP contribution in [0.2, 0.25) is 0 Å². The maximum Gasteiger partial charge on any atom is 0.145 e. The van der Waals surface area contributed by atoms with Gasteiger partial charge in [0.1, 0.15) is 5.65 Å². The van der Waals surface area contributed by atoms with Gasteiger partial charge in [0.25, 0.3) is 0 Å². The second-order valence-corrected chi connectivity index (χ2v) is 12.4. The van der Waals surface area contributed by atoms with Crippen LogP contribution in [0, 0.1) is 0 Å². The van der Waals surface area contributed by atoms with Crippen molar-refractivity contribution >= 4 is 49.1 Å². The van der Waals surface area contributed by atoms with Crippen molar-refractivity contribution in [1.29, 1.82) is 0 Å². The second-order valence-electron chi connectivity index (χ2n) is 12.4. The molecule has 48 heavy (non-hydrogen) atoms. The van der Waals surface area contributed by atoms with Crippen LogP contribution in [-0.4, -0.2) is 14.0 Å². The Balaban J connectivity index is 1.16. The molecule has 0 saturated heterocycles. The lowest BCUT2D eigenvalue weighted by atomic mass is 10.0. The summed E-state index contributed by atoms with van der Waals surface area (Å²) in [6.45, 7) is 0. The number of hydrogen-bond donors (Lipinski definition) is 0. The van der Waals surface area contributed by atoms with E-state index in [1.165, 1.54) is 54.8 Å². The predicted molar refractivity (Wildman–Crippen MR) is 201 cm³/mol. The van der Waals surface area contributed by atoms with Gasteiger partial charge in [-0.2, -0.15) is 0 Å². The third kappa shape index (κ3) is 4.04. The molecular formula is C45H29N3. The maximum atomic E-state index is 4.95. The third-order valence-corrected chi connectivity index (χ3v) is 9.77. The van der Waals surface area contributed by atoms with E-state index < -0.39 is 0 Å². The largest absolute Gasteiger partial charge is 0.309 e. The molecule has 10 aromatic rings. The van der Waals surface area contributed by atoms with Crippen molar-refractivity contribution in [3.63, 3.8) is 0 Å². The number of hydrogen-bond acceptors (Lipinski definition) is 1. The molecule has 0 saturated carbocycles. The number of pyridine rings is 1. The summed E-state index contributed by atoms with van der Waals surface area (Å²) in [6.07, 6.45) is 2.01. The quantitative estimate of drug-likeness (QED) is 0.182. The monoisotopic (exact) mass is 611 g/mol. The fourth-order valence-electron chi connectivity index (χ4n) is 7.50. The molecule has 0 atom stereocenters. The van der Waals surface area contributed by atoms with Gasteiger partial charge in [-0.05, 0) is 70.1 Å². The molecular weight excluding hydrogens is 583 g/mol. The van der Waals surface area contributed by atoms with Gasteiger partial charge in [0.15, 0.2) is 0 Å². The van der Waals surface area contributed by atoms with Gasteiger partial charge in [-0.3, -0.25) is 4.40 Å². The van der Waals surface area contributed by atoms with E-state index >= 15 is 0 Å². The van der Waals surface area contributed by atoms with Gasteiger partial charge in [0.05, 0.1) is 28.4 Å². The fourth-order valence-corrected chi connectivity index (χ4v) is 7.50. The summed E-state index contributed by atoms with van der Waals surface area (Å²) in [6, 6.07) is 61.2. The lowest BCUT2D eigenvalue weighted by Crippen LogP contribution is -1.96. The number of aromatic nitrogens is 3. The van der Waals surface area contributed by atoms with E-state index in [2.05, 4.69) is 179 Å². The zero-order valence-electron chi connectivity index (χ0n) is 26.1. The first-order valence-corrected chi connectivity index (χ1v) is 16.4. The molecule has 3 nitrogen and oxygen atoms in total. The molecule has 10 rings (SSSR count). The number of fused-ring (bicyclic) bond motifs is 9. The Labute approximate surface area is 277 Å². The van der Waals surface area contributed by atoms with E-state index in [1.54, 1.807) is 0 Å². The van der Waals surface area contributed by atoms with Gasteiger partial charge in [-0.1, -0.05) is 127 Å². The van der Waals surface area contributed by atoms with Crippen LogP contribution >= 0.6 is 0 Å². The first-order valence-electron chi connectivity index (χ1n) is 16.4. The lowest BCUT2D eigenvalue weighted by molar-refractivity contribution is 1.18. The van der Waals surface area contributed by atoms with Crippen molar-refractivity contribution in [3.8, 4) is 39.2 Å². The van der Waals surface area contributed by atoms with Crippen molar-refractivity contribution in [2.24, 2.45) is 0 Å². The average molecular weight is 612 g/mol. The minimum Gasteiger partial charge on any atom is -0.309 e. The Morgan fingerprint density at radius 2 is 0.875 bits per heavy atom. The maximum absolute atomic E-state index is 4.95.